The largest absolute Gasteiger partial charge is 0.493 e. The average Bonchev–Trinajstić information content (AvgIpc) is 2.98. The summed E-state index contributed by atoms with van der Waals surface area (Å²) in [6, 6.07) is 3.79. The van der Waals surface area contributed by atoms with Crippen LogP contribution in [0.25, 0.3) is 6.08 Å². The van der Waals surface area contributed by atoms with Crippen LogP contribution in [0, 0.1) is 0 Å². The van der Waals surface area contributed by atoms with Gasteiger partial charge in [0.25, 0.3) is 11.1 Å². The molecule has 0 saturated carbocycles. The zero-order chi connectivity index (χ0) is 21.6. The minimum Gasteiger partial charge on any atom is -0.493 e. The van der Waals surface area contributed by atoms with E-state index in [2.05, 4.69) is 4.74 Å². The number of carbonyl (C=O) groups excluding carboxylic acids is 4. The Labute approximate surface area is 171 Å². The first-order valence-electron chi connectivity index (χ1n) is 8.63. The molecule has 2 rings (SSSR count). The van der Waals surface area contributed by atoms with Gasteiger partial charge in [0, 0.05) is 0 Å². The number of methoxy groups -OCH3 is 2. The molecule has 0 N–H and O–H groups in total. The molecular formula is C19H21NO8S. The van der Waals surface area contributed by atoms with Crippen molar-refractivity contribution in [3.8, 4) is 11.5 Å². The molecule has 29 heavy (non-hydrogen) atoms. The van der Waals surface area contributed by atoms with E-state index in [4.69, 9.17) is 14.2 Å². The summed E-state index contributed by atoms with van der Waals surface area (Å²) in [6.45, 7) is 3.10. The van der Waals surface area contributed by atoms with E-state index in [9.17, 15) is 19.2 Å². The Kier molecular flexibility index (Phi) is 7.66. The summed E-state index contributed by atoms with van der Waals surface area (Å²) in [5.41, 5.74) is 0.571. The molecule has 0 bridgehead atoms. The Bertz CT molecular complexity index is 851. The second-order valence-corrected chi connectivity index (χ2v) is 6.75. The maximum atomic E-state index is 12.5. The molecule has 156 valence electrons. The van der Waals surface area contributed by atoms with Crippen molar-refractivity contribution in [2.24, 2.45) is 0 Å². The highest BCUT2D eigenvalue weighted by atomic mass is 32.2. The molecule has 1 aliphatic rings. The molecule has 1 heterocycles. The summed E-state index contributed by atoms with van der Waals surface area (Å²) >= 11 is 0.728. The second kappa shape index (κ2) is 9.97. The number of thioether (sulfide) groups is 1. The Morgan fingerprint density at radius 2 is 1.93 bits per heavy atom. The van der Waals surface area contributed by atoms with Gasteiger partial charge in [-0.15, -0.1) is 0 Å². The molecule has 0 spiro atoms. The summed E-state index contributed by atoms with van der Waals surface area (Å²) in [4.78, 5) is 48.8. The molecular weight excluding hydrogens is 402 g/mol. The molecule has 2 amide bonds. The second-order valence-electron chi connectivity index (χ2n) is 5.75. The predicted octanol–water partition coefficient (Wildman–Crippen LogP) is 2.23. The van der Waals surface area contributed by atoms with Crippen molar-refractivity contribution in [1.82, 2.24) is 4.90 Å². The highest BCUT2D eigenvalue weighted by Crippen LogP contribution is 2.35. The SMILES string of the molecule is CCOC(=O)COc1ccc(/C=C2/SC(=O)N([C@@H](C)C(=O)OC)C2=O)cc1OC. The fourth-order valence-electron chi connectivity index (χ4n) is 2.47. The summed E-state index contributed by atoms with van der Waals surface area (Å²) in [5, 5.41) is -0.555. The third-order valence-electron chi connectivity index (χ3n) is 3.89. The quantitative estimate of drug-likeness (QED) is 0.459. The molecule has 1 aliphatic heterocycles. The number of ether oxygens (including phenoxy) is 4. The summed E-state index contributed by atoms with van der Waals surface area (Å²) in [5.74, 6) is -1.11. The van der Waals surface area contributed by atoms with Gasteiger partial charge < -0.3 is 18.9 Å². The minimum atomic E-state index is -1.02. The van der Waals surface area contributed by atoms with E-state index in [1.165, 1.54) is 27.2 Å². The number of esters is 2. The third kappa shape index (κ3) is 5.29. The number of benzene rings is 1. The Morgan fingerprint density at radius 3 is 2.55 bits per heavy atom. The van der Waals surface area contributed by atoms with Crippen LogP contribution in [0.2, 0.25) is 0 Å². The minimum absolute atomic E-state index is 0.160. The van der Waals surface area contributed by atoms with Crippen LogP contribution in [0.4, 0.5) is 4.79 Å². The monoisotopic (exact) mass is 423 g/mol. The maximum absolute atomic E-state index is 12.5. The maximum Gasteiger partial charge on any atom is 0.344 e. The van der Waals surface area contributed by atoms with Gasteiger partial charge in [-0.05, 0) is 49.4 Å². The lowest BCUT2D eigenvalue weighted by Crippen LogP contribution is -2.42. The van der Waals surface area contributed by atoms with Crippen molar-refractivity contribution in [2.75, 3.05) is 27.4 Å². The molecule has 1 atom stereocenters. The van der Waals surface area contributed by atoms with Gasteiger partial charge in [-0.2, -0.15) is 0 Å². The van der Waals surface area contributed by atoms with Crippen molar-refractivity contribution >= 4 is 40.9 Å². The number of carbonyl (C=O) groups is 4. The van der Waals surface area contributed by atoms with Crippen LogP contribution >= 0.6 is 11.8 Å². The zero-order valence-electron chi connectivity index (χ0n) is 16.4. The Balaban J connectivity index is 2.19. The molecule has 10 heteroatoms. The standard InChI is InChI=1S/C19H21NO8S/c1-5-27-16(21)10-28-13-7-6-12(8-14(13)25-3)9-15-17(22)20(19(24)29-15)11(2)18(23)26-4/h6-9,11H,5,10H2,1-4H3/b15-9+/t11-/m0/s1. The van der Waals surface area contributed by atoms with E-state index >= 15 is 0 Å². The van der Waals surface area contributed by atoms with Crippen molar-refractivity contribution in [3.05, 3.63) is 28.7 Å². The number of hydrogen-bond donors (Lipinski definition) is 0. The molecule has 0 aromatic heterocycles. The number of hydrogen-bond acceptors (Lipinski definition) is 9. The number of amides is 2. The summed E-state index contributed by atoms with van der Waals surface area (Å²) < 4.78 is 20.0. The van der Waals surface area contributed by atoms with Gasteiger partial charge >= 0.3 is 11.9 Å². The van der Waals surface area contributed by atoms with E-state index in [1.807, 2.05) is 0 Å². The summed E-state index contributed by atoms with van der Waals surface area (Å²) in [6.07, 6.45) is 1.51. The Morgan fingerprint density at radius 1 is 1.21 bits per heavy atom. The van der Waals surface area contributed by atoms with Crippen molar-refractivity contribution in [1.29, 1.82) is 0 Å². The lowest BCUT2D eigenvalue weighted by molar-refractivity contribution is -0.148. The Hall–Kier alpha value is -3.01. The van der Waals surface area contributed by atoms with Gasteiger partial charge in [0.05, 0.1) is 25.7 Å². The molecule has 1 saturated heterocycles. The normalized spacial score (nSPS) is 16.0. The number of nitrogens with zero attached hydrogens (tertiary/aromatic N) is 1. The van der Waals surface area contributed by atoms with Gasteiger partial charge in [-0.25, -0.2) is 9.59 Å². The molecule has 1 fully saturated rings. The van der Waals surface area contributed by atoms with Gasteiger partial charge in [-0.3, -0.25) is 14.5 Å². The first-order valence-corrected chi connectivity index (χ1v) is 9.45. The van der Waals surface area contributed by atoms with E-state index in [0.717, 1.165) is 16.7 Å². The van der Waals surface area contributed by atoms with E-state index < -0.39 is 29.1 Å². The molecule has 1 aromatic carbocycles. The lowest BCUT2D eigenvalue weighted by atomic mass is 10.1. The molecule has 9 nitrogen and oxygen atoms in total. The number of imide groups is 1. The smallest absolute Gasteiger partial charge is 0.344 e. The highest BCUT2D eigenvalue weighted by Gasteiger charge is 2.41. The van der Waals surface area contributed by atoms with Crippen LogP contribution < -0.4 is 9.47 Å². The van der Waals surface area contributed by atoms with E-state index in [-0.39, 0.29) is 18.1 Å². The fourth-order valence-corrected chi connectivity index (χ4v) is 3.38. The number of rotatable bonds is 8. The van der Waals surface area contributed by atoms with Crippen molar-refractivity contribution < 1.29 is 38.1 Å². The van der Waals surface area contributed by atoms with Crippen LogP contribution in [0.3, 0.4) is 0 Å². The van der Waals surface area contributed by atoms with Crippen LogP contribution in [-0.2, 0) is 23.9 Å². The van der Waals surface area contributed by atoms with E-state index in [0.29, 0.717) is 17.1 Å². The highest BCUT2D eigenvalue weighted by molar-refractivity contribution is 8.18. The molecule has 0 radical (unpaired) electrons. The van der Waals surface area contributed by atoms with Crippen molar-refractivity contribution in [2.45, 2.75) is 19.9 Å². The first-order chi connectivity index (χ1) is 13.8. The van der Waals surface area contributed by atoms with Gasteiger partial charge in [0.2, 0.25) is 0 Å². The molecule has 1 aromatic rings. The fraction of sp³-hybridized carbons (Fsp3) is 0.368. The van der Waals surface area contributed by atoms with E-state index in [1.54, 1.807) is 25.1 Å². The lowest BCUT2D eigenvalue weighted by Gasteiger charge is -2.18. The van der Waals surface area contributed by atoms with Crippen LogP contribution in [0.5, 0.6) is 11.5 Å². The van der Waals surface area contributed by atoms with Crippen LogP contribution in [0.1, 0.15) is 19.4 Å². The topological polar surface area (TPSA) is 108 Å². The zero-order valence-corrected chi connectivity index (χ0v) is 17.2. The van der Waals surface area contributed by atoms with Gasteiger partial charge in [-0.1, -0.05) is 6.07 Å². The predicted molar refractivity (Wildman–Crippen MR) is 104 cm³/mol. The average molecular weight is 423 g/mol. The molecule has 0 unspecified atom stereocenters. The van der Waals surface area contributed by atoms with Crippen LogP contribution in [-0.4, -0.2) is 61.5 Å². The van der Waals surface area contributed by atoms with Gasteiger partial charge in [0.1, 0.15) is 6.04 Å². The molecule has 0 aliphatic carbocycles. The first kappa shape index (κ1) is 22.3. The van der Waals surface area contributed by atoms with Crippen LogP contribution in [0.15, 0.2) is 23.1 Å². The summed E-state index contributed by atoms with van der Waals surface area (Å²) in [7, 11) is 2.62. The van der Waals surface area contributed by atoms with Crippen molar-refractivity contribution in [3.63, 3.8) is 0 Å². The third-order valence-corrected chi connectivity index (χ3v) is 4.77. The van der Waals surface area contributed by atoms with Gasteiger partial charge in [0.15, 0.2) is 18.1 Å².